The molecule has 0 aromatic rings. The molecule has 0 aromatic heterocycles. The zero-order valence-electron chi connectivity index (χ0n) is 13.3. The second-order valence-electron chi connectivity index (χ2n) is 9.07. The molecule has 7 atom stereocenters. The summed E-state index contributed by atoms with van der Waals surface area (Å²) in [6.45, 7) is 3.34. The van der Waals surface area contributed by atoms with Gasteiger partial charge in [-0.1, -0.05) is 6.92 Å². The fraction of sp³-hybridized carbons (Fsp3) is 0.947. The topological polar surface area (TPSA) is 29.6 Å². The molecule has 1 spiro atoms. The van der Waals surface area contributed by atoms with Crippen LogP contribution in [-0.4, -0.2) is 18.0 Å². The van der Waals surface area contributed by atoms with E-state index >= 15 is 0 Å². The monoisotopic (exact) mass is 288 g/mol. The molecule has 21 heavy (non-hydrogen) atoms. The molecule has 0 unspecified atom stereocenters. The Hall–Kier alpha value is -0.370. The van der Waals surface area contributed by atoms with Gasteiger partial charge < -0.3 is 4.74 Å². The van der Waals surface area contributed by atoms with Gasteiger partial charge in [-0.2, -0.15) is 0 Å². The number of hydrogen-bond donors (Lipinski definition) is 0. The molecule has 0 radical (unpaired) electrons. The number of rotatable bonds is 0. The van der Waals surface area contributed by atoms with Gasteiger partial charge in [0.15, 0.2) is 0 Å². The average molecular weight is 288 g/mol. The molecule has 116 valence electrons. The highest BCUT2D eigenvalue weighted by Crippen LogP contribution is 2.63. The van der Waals surface area contributed by atoms with E-state index in [0.717, 1.165) is 42.6 Å². The van der Waals surface area contributed by atoms with Gasteiger partial charge in [0.25, 0.3) is 0 Å². The van der Waals surface area contributed by atoms with Crippen LogP contribution in [0.5, 0.6) is 0 Å². The Bertz CT molecular complexity index is 480. The summed E-state index contributed by atoms with van der Waals surface area (Å²) in [6, 6.07) is 0. The number of carbonyl (C=O) groups excluding carboxylic acids is 1. The zero-order chi connectivity index (χ0) is 14.2. The number of Topliss-reactive ketones (excluding diaryl/α,β-unsaturated/α-hetero) is 1. The summed E-state index contributed by atoms with van der Waals surface area (Å²) in [5.74, 6) is 5.00. The quantitative estimate of drug-likeness (QED) is 0.631. The molecule has 0 aromatic carbocycles. The van der Waals surface area contributed by atoms with Crippen molar-refractivity contribution in [2.24, 2.45) is 35.0 Å². The van der Waals surface area contributed by atoms with Crippen LogP contribution in [-0.2, 0) is 9.53 Å². The maximum absolute atomic E-state index is 12.4. The molecule has 4 saturated carbocycles. The minimum Gasteiger partial charge on any atom is -0.370 e. The molecule has 1 aliphatic heterocycles. The zero-order valence-corrected chi connectivity index (χ0v) is 13.3. The van der Waals surface area contributed by atoms with Crippen LogP contribution in [0.25, 0.3) is 0 Å². The number of fused-ring (bicyclic) bond motifs is 5. The molecule has 1 heterocycles. The van der Waals surface area contributed by atoms with Gasteiger partial charge in [-0.05, 0) is 81.0 Å². The van der Waals surface area contributed by atoms with E-state index in [1.165, 1.54) is 51.4 Å². The lowest BCUT2D eigenvalue weighted by atomic mass is 9.50. The molecular weight excluding hydrogens is 260 g/mol. The van der Waals surface area contributed by atoms with Crippen LogP contribution < -0.4 is 0 Å². The molecule has 5 fully saturated rings. The third-order valence-corrected chi connectivity index (χ3v) is 8.35. The summed E-state index contributed by atoms with van der Waals surface area (Å²) in [7, 11) is 0. The first-order valence-electron chi connectivity index (χ1n) is 9.29. The molecule has 4 aliphatic carbocycles. The highest BCUT2D eigenvalue weighted by molar-refractivity contribution is 5.87. The minimum atomic E-state index is 0.0590. The van der Waals surface area contributed by atoms with Gasteiger partial charge in [0.1, 0.15) is 5.78 Å². The molecular formula is C19H28O2. The summed E-state index contributed by atoms with van der Waals surface area (Å²) in [6.07, 6.45) is 11.5. The van der Waals surface area contributed by atoms with E-state index in [4.69, 9.17) is 4.74 Å². The Morgan fingerprint density at radius 1 is 1.00 bits per heavy atom. The third-order valence-electron chi connectivity index (χ3n) is 8.35. The second-order valence-corrected chi connectivity index (χ2v) is 9.07. The first kappa shape index (κ1) is 13.1. The van der Waals surface area contributed by atoms with Crippen LogP contribution in [0.3, 0.4) is 0 Å². The standard InChI is InChI=1S/C19H28O2/c1-18-8-6-14-13-7-9-19(11-21-19)10-12(13)2-3-15(14)16(18)4-5-17(18)20/h12-16H,2-11H2,1H3/t12-,13-,14+,15+,16-,18-,19+/m0/s1. The van der Waals surface area contributed by atoms with Crippen LogP contribution in [0.2, 0.25) is 0 Å². The molecule has 5 rings (SSSR count). The number of ether oxygens (including phenoxy) is 1. The van der Waals surface area contributed by atoms with Gasteiger partial charge in [-0.3, -0.25) is 4.79 Å². The summed E-state index contributed by atoms with van der Waals surface area (Å²) in [5, 5.41) is 0. The maximum Gasteiger partial charge on any atom is 0.139 e. The van der Waals surface area contributed by atoms with Crippen molar-refractivity contribution in [1.82, 2.24) is 0 Å². The van der Waals surface area contributed by atoms with Crippen LogP contribution in [0, 0.1) is 35.0 Å². The van der Waals surface area contributed by atoms with Crippen molar-refractivity contribution in [2.45, 2.75) is 70.3 Å². The van der Waals surface area contributed by atoms with Gasteiger partial charge in [0.05, 0.1) is 12.2 Å². The predicted molar refractivity (Wildman–Crippen MR) is 80.8 cm³/mol. The Morgan fingerprint density at radius 2 is 1.81 bits per heavy atom. The predicted octanol–water partition coefficient (Wildman–Crippen LogP) is 3.98. The lowest BCUT2D eigenvalue weighted by molar-refractivity contribution is -0.133. The molecule has 5 aliphatic rings. The van der Waals surface area contributed by atoms with Gasteiger partial charge >= 0.3 is 0 Å². The van der Waals surface area contributed by atoms with Gasteiger partial charge in [0, 0.05) is 11.8 Å². The van der Waals surface area contributed by atoms with Crippen molar-refractivity contribution in [2.75, 3.05) is 6.61 Å². The second kappa shape index (κ2) is 4.13. The van der Waals surface area contributed by atoms with Gasteiger partial charge in [-0.15, -0.1) is 0 Å². The molecule has 0 amide bonds. The SMILES string of the molecule is C[C@]12CC[C@H]3[C@@H](CC[C@H]4C[C@]5(CC[C@@H]43)CO5)[C@@H]1CCC2=O. The highest BCUT2D eigenvalue weighted by Gasteiger charge is 2.59. The summed E-state index contributed by atoms with van der Waals surface area (Å²) in [4.78, 5) is 12.4. The van der Waals surface area contributed by atoms with Crippen molar-refractivity contribution in [1.29, 1.82) is 0 Å². The van der Waals surface area contributed by atoms with Crippen molar-refractivity contribution in [3.63, 3.8) is 0 Å². The number of ketones is 1. The van der Waals surface area contributed by atoms with Crippen molar-refractivity contribution < 1.29 is 9.53 Å². The Morgan fingerprint density at radius 3 is 2.62 bits per heavy atom. The van der Waals surface area contributed by atoms with Gasteiger partial charge in [-0.25, -0.2) is 0 Å². The van der Waals surface area contributed by atoms with E-state index < -0.39 is 0 Å². The fourth-order valence-electron chi connectivity index (χ4n) is 7.08. The van der Waals surface area contributed by atoms with Crippen LogP contribution in [0.1, 0.15) is 64.7 Å². The number of hydrogen-bond acceptors (Lipinski definition) is 2. The summed E-state index contributed by atoms with van der Waals surface area (Å²) in [5.41, 5.74) is 0.393. The average Bonchev–Trinajstić information content (AvgIpc) is 3.16. The Kier molecular flexibility index (Phi) is 2.58. The van der Waals surface area contributed by atoms with E-state index in [2.05, 4.69) is 6.92 Å². The lowest BCUT2D eigenvalue weighted by Crippen LogP contribution is -2.49. The summed E-state index contributed by atoms with van der Waals surface area (Å²) < 4.78 is 5.78. The first-order valence-corrected chi connectivity index (χ1v) is 9.29. The minimum absolute atomic E-state index is 0.0590. The molecule has 2 heteroatoms. The smallest absolute Gasteiger partial charge is 0.139 e. The Balaban J connectivity index is 1.40. The maximum atomic E-state index is 12.4. The van der Waals surface area contributed by atoms with E-state index in [1.807, 2.05) is 0 Å². The van der Waals surface area contributed by atoms with E-state index in [-0.39, 0.29) is 5.41 Å². The van der Waals surface area contributed by atoms with Gasteiger partial charge in [0.2, 0.25) is 0 Å². The fourth-order valence-corrected chi connectivity index (χ4v) is 7.08. The number of epoxide rings is 1. The van der Waals surface area contributed by atoms with Crippen molar-refractivity contribution >= 4 is 5.78 Å². The summed E-state index contributed by atoms with van der Waals surface area (Å²) >= 11 is 0. The first-order chi connectivity index (χ1) is 10.1. The normalized spacial score (nSPS) is 58.5. The molecule has 1 saturated heterocycles. The lowest BCUT2D eigenvalue weighted by Gasteiger charge is -2.54. The van der Waals surface area contributed by atoms with Crippen LogP contribution in [0.4, 0.5) is 0 Å². The van der Waals surface area contributed by atoms with E-state index in [9.17, 15) is 4.79 Å². The largest absolute Gasteiger partial charge is 0.370 e. The molecule has 2 nitrogen and oxygen atoms in total. The Labute approximate surface area is 128 Å². The van der Waals surface area contributed by atoms with Crippen LogP contribution in [0.15, 0.2) is 0 Å². The number of carbonyl (C=O) groups is 1. The third kappa shape index (κ3) is 1.72. The molecule has 0 N–H and O–H groups in total. The highest BCUT2D eigenvalue weighted by atomic mass is 16.6. The van der Waals surface area contributed by atoms with Crippen molar-refractivity contribution in [3.05, 3.63) is 0 Å². The van der Waals surface area contributed by atoms with Crippen molar-refractivity contribution in [3.8, 4) is 0 Å². The van der Waals surface area contributed by atoms with Crippen LogP contribution >= 0.6 is 0 Å². The van der Waals surface area contributed by atoms with E-state index in [1.54, 1.807) is 0 Å². The molecule has 0 bridgehead atoms. The van der Waals surface area contributed by atoms with E-state index in [0.29, 0.717) is 11.4 Å².